The van der Waals surface area contributed by atoms with Crippen molar-refractivity contribution in [3.63, 3.8) is 0 Å². The molecule has 2 heterocycles. The number of methoxy groups -OCH3 is 1. The topological polar surface area (TPSA) is 103 Å². The van der Waals surface area contributed by atoms with E-state index in [0.717, 1.165) is 24.2 Å². The lowest BCUT2D eigenvalue weighted by Gasteiger charge is -2.31. The van der Waals surface area contributed by atoms with Gasteiger partial charge in [0.05, 0.1) is 18.8 Å². The molecule has 0 unspecified atom stereocenters. The van der Waals surface area contributed by atoms with Crippen LogP contribution in [0.3, 0.4) is 0 Å². The van der Waals surface area contributed by atoms with Crippen LogP contribution in [0.25, 0.3) is 11.4 Å². The van der Waals surface area contributed by atoms with Crippen molar-refractivity contribution in [2.24, 2.45) is 18.7 Å². The molecule has 0 aliphatic carbocycles. The Labute approximate surface area is 162 Å². The van der Waals surface area contributed by atoms with Crippen LogP contribution in [-0.2, 0) is 16.6 Å². The average molecular weight is 389 g/mol. The number of piperidine rings is 1. The van der Waals surface area contributed by atoms with E-state index >= 15 is 0 Å². The summed E-state index contributed by atoms with van der Waals surface area (Å²) in [5.74, 6) is 1.09. The van der Waals surface area contributed by atoms with Gasteiger partial charge in [-0.25, -0.2) is 0 Å². The molecule has 1 atom stereocenters. The van der Waals surface area contributed by atoms with Gasteiger partial charge in [-0.15, -0.1) is 10.2 Å². The fraction of sp³-hybridized carbons (Fsp3) is 0.444. The number of aromatic nitrogens is 3. The van der Waals surface area contributed by atoms with Crippen LogP contribution < -0.4 is 10.5 Å². The second kappa shape index (κ2) is 8.43. The van der Waals surface area contributed by atoms with Crippen LogP contribution in [0.1, 0.15) is 12.8 Å². The fourth-order valence-corrected chi connectivity index (χ4v) is 3.92. The maximum atomic E-state index is 12.5. The first-order chi connectivity index (χ1) is 13.0. The highest BCUT2D eigenvalue weighted by Gasteiger charge is 2.27. The molecular weight excluding hydrogens is 366 g/mol. The number of hydrogen-bond donors (Lipinski definition) is 1. The van der Waals surface area contributed by atoms with Gasteiger partial charge in [0.25, 0.3) is 0 Å². The number of benzene rings is 1. The third-order valence-electron chi connectivity index (χ3n) is 4.66. The predicted octanol–water partition coefficient (Wildman–Crippen LogP) is 1.31. The summed E-state index contributed by atoms with van der Waals surface area (Å²) in [5, 5.41) is 9.09. The van der Waals surface area contributed by atoms with Crippen molar-refractivity contribution in [2.45, 2.75) is 18.0 Å². The van der Waals surface area contributed by atoms with Crippen LogP contribution in [0.2, 0.25) is 0 Å². The van der Waals surface area contributed by atoms with Gasteiger partial charge in [0.15, 0.2) is 11.0 Å². The number of primary amides is 1. The van der Waals surface area contributed by atoms with Crippen LogP contribution in [0, 0.1) is 5.92 Å². The van der Waals surface area contributed by atoms with Gasteiger partial charge < -0.3 is 19.9 Å². The standard InChI is InChI=1S/C18H23N5O3S/c1-22-17(12-5-3-7-14(9-12)26-2)20-21-18(22)27-11-15(24)23-8-4-6-13(10-23)16(19)25/h3,5,7,9,13H,4,6,8,10-11H2,1-2H3,(H2,19,25)/t13-/m0/s1. The van der Waals surface area contributed by atoms with E-state index in [4.69, 9.17) is 10.5 Å². The van der Waals surface area contributed by atoms with Gasteiger partial charge in [-0.3, -0.25) is 9.59 Å². The molecule has 1 aliphatic rings. The first-order valence-corrected chi connectivity index (χ1v) is 9.72. The van der Waals surface area contributed by atoms with Crippen LogP contribution in [-0.4, -0.2) is 57.4 Å². The molecule has 0 spiro atoms. The van der Waals surface area contributed by atoms with Crippen LogP contribution in [0.15, 0.2) is 29.4 Å². The molecular formula is C18H23N5O3S. The normalized spacial score (nSPS) is 17.0. The molecule has 2 aromatic rings. The summed E-state index contributed by atoms with van der Waals surface area (Å²) < 4.78 is 7.11. The SMILES string of the molecule is COc1cccc(-c2nnc(SCC(=O)N3CCC[C@H](C(N)=O)C3)n2C)c1. The van der Waals surface area contributed by atoms with E-state index in [2.05, 4.69) is 10.2 Å². The van der Waals surface area contributed by atoms with Gasteiger partial charge in [-0.1, -0.05) is 23.9 Å². The highest BCUT2D eigenvalue weighted by molar-refractivity contribution is 7.99. The summed E-state index contributed by atoms with van der Waals surface area (Å²) in [7, 11) is 3.48. The van der Waals surface area contributed by atoms with Crippen molar-refractivity contribution in [2.75, 3.05) is 26.0 Å². The molecule has 3 rings (SSSR count). The van der Waals surface area contributed by atoms with E-state index in [1.165, 1.54) is 11.8 Å². The number of amides is 2. The number of carbonyl (C=O) groups excluding carboxylic acids is 2. The predicted molar refractivity (Wildman–Crippen MR) is 102 cm³/mol. The van der Waals surface area contributed by atoms with Crippen molar-refractivity contribution >= 4 is 23.6 Å². The summed E-state index contributed by atoms with van der Waals surface area (Å²) in [6.07, 6.45) is 1.55. The molecule has 0 saturated carbocycles. The van der Waals surface area contributed by atoms with Crippen LogP contribution >= 0.6 is 11.8 Å². The maximum absolute atomic E-state index is 12.5. The van der Waals surface area contributed by atoms with Crippen molar-refractivity contribution in [1.82, 2.24) is 19.7 Å². The number of rotatable bonds is 6. The van der Waals surface area contributed by atoms with Gasteiger partial charge in [0.2, 0.25) is 11.8 Å². The summed E-state index contributed by atoms with van der Waals surface area (Å²) >= 11 is 1.33. The van der Waals surface area contributed by atoms with Crippen LogP contribution in [0.4, 0.5) is 0 Å². The molecule has 0 radical (unpaired) electrons. The van der Waals surface area contributed by atoms with Gasteiger partial charge in [-0.2, -0.15) is 0 Å². The monoisotopic (exact) mass is 389 g/mol. The molecule has 1 fully saturated rings. The Bertz CT molecular complexity index is 838. The Morgan fingerprint density at radius 1 is 1.37 bits per heavy atom. The highest BCUT2D eigenvalue weighted by atomic mass is 32.2. The van der Waals surface area contributed by atoms with Crippen molar-refractivity contribution < 1.29 is 14.3 Å². The Balaban J connectivity index is 1.64. The third kappa shape index (κ3) is 4.41. The van der Waals surface area contributed by atoms with Crippen molar-refractivity contribution in [3.8, 4) is 17.1 Å². The zero-order chi connectivity index (χ0) is 19.4. The first-order valence-electron chi connectivity index (χ1n) is 8.73. The number of thioether (sulfide) groups is 1. The number of nitrogens with zero attached hydrogens (tertiary/aromatic N) is 4. The van der Waals surface area contributed by atoms with Crippen molar-refractivity contribution in [3.05, 3.63) is 24.3 Å². The zero-order valence-corrected chi connectivity index (χ0v) is 16.2. The summed E-state index contributed by atoms with van der Waals surface area (Å²) in [6.45, 7) is 1.07. The molecule has 144 valence electrons. The molecule has 1 aromatic heterocycles. The zero-order valence-electron chi connectivity index (χ0n) is 15.4. The lowest BCUT2D eigenvalue weighted by Crippen LogP contribution is -2.44. The number of nitrogens with two attached hydrogens (primary N) is 1. The van der Waals surface area contributed by atoms with E-state index in [1.807, 2.05) is 35.9 Å². The Hall–Kier alpha value is -2.55. The minimum absolute atomic E-state index is 0.0168. The third-order valence-corrected chi connectivity index (χ3v) is 5.67. The minimum atomic E-state index is -0.337. The molecule has 1 aliphatic heterocycles. The molecule has 1 saturated heterocycles. The number of hydrogen-bond acceptors (Lipinski definition) is 6. The van der Waals surface area contributed by atoms with Crippen molar-refractivity contribution in [1.29, 1.82) is 0 Å². The van der Waals surface area contributed by atoms with E-state index in [9.17, 15) is 9.59 Å². The maximum Gasteiger partial charge on any atom is 0.233 e. The summed E-state index contributed by atoms with van der Waals surface area (Å²) in [5.41, 5.74) is 6.27. The van der Waals surface area contributed by atoms with Gasteiger partial charge in [0, 0.05) is 25.7 Å². The van der Waals surface area contributed by atoms with Crippen LogP contribution in [0.5, 0.6) is 5.75 Å². The minimum Gasteiger partial charge on any atom is -0.497 e. The first kappa shape index (κ1) is 19.2. The van der Waals surface area contributed by atoms with E-state index in [-0.39, 0.29) is 23.5 Å². The Morgan fingerprint density at radius 3 is 2.93 bits per heavy atom. The lowest BCUT2D eigenvalue weighted by molar-refractivity contribution is -0.132. The molecule has 27 heavy (non-hydrogen) atoms. The number of ether oxygens (including phenoxy) is 1. The Morgan fingerprint density at radius 2 is 2.19 bits per heavy atom. The molecule has 9 heteroatoms. The molecule has 0 bridgehead atoms. The summed E-state index contributed by atoms with van der Waals surface area (Å²) in [6, 6.07) is 7.59. The Kier molecular flexibility index (Phi) is 6.00. The number of carbonyl (C=O) groups is 2. The molecule has 2 amide bonds. The van der Waals surface area contributed by atoms with E-state index < -0.39 is 0 Å². The second-order valence-electron chi connectivity index (χ2n) is 6.47. The lowest BCUT2D eigenvalue weighted by atomic mass is 9.97. The molecule has 2 N–H and O–H groups in total. The summed E-state index contributed by atoms with van der Waals surface area (Å²) in [4.78, 5) is 25.6. The second-order valence-corrected chi connectivity index (χ2v) is 7.41. The quantitative estimate of drug-likeness (QED) is 0.747. The van der Waals surface area contributed by atoms with E-state index in [0.29, 0.717) is 24.1 Å². The highest BCUT2D eigenvalue weighted by Crippen LogP contribution is 2.26. The van der Waals surface area contributed by atoms with Gasteiger partial charge in [0.1, 0.15) is 5.75 Å². The fourth-order valence-electron chi connectivity index (χ4n) is 3.11. The van der Waals surface area contributed by atoms with Gasteiger partial charge >= 0.3 is 0 Å². The average Bonchev–Trinajstić information content (AvgIpc) is 3.06. The largest absolute Gasteiger partial charge is 0.497 e. The van der Waals surface area contributed by atoms with Gasteiger partial charge in [-0.05, 0) is 25.0 Å². The smallest absolute Gasteiger partial charge is 0.233 e. The molecule has 1 aromatic carbocycles. The molecule has 8 nitrogen and oxygen atoms in total. The van der Waals surface area contributed by atoms with E-state index in [1.54, 1.807) is 12.0 Å². The number of likely N-dealkylation sites (tertiary alicyclic amines) is 1.